The van der Waals surface area contributed by atoms with Crippen LogP contribution in [-0.2, 0) is 6.42 Å². The first-order chi connectivity index (χ1) is 14.1. The molecule has 1 aliphatic heterocycles. The van der Waals surface area contributed by atoms with Gasteiger partial charge in [-0.15, -0.1) is 11.3 Å². The highest BCUT2D eigenvalue weighted by atomic mass is 79.9. The molecule has 0 saturated carbocycles. The van der Waals surface area contributed by atoms with Crippen molar-refractivity contribution in [2.75, 3.05) is 25.1 Å². The second kappa shape index (κ2) is 8.84. The van der Waals surface area contributed by atoms with Gasteiger partial charge in [0, 0.05) is 40.5 Å². The summed E-state index contributed by atoms with van der Waals surface area (Å²) in [7, 11) is 0. The molecule has 0 fully saturated rings. The molecule has 0 bridgehead atoms. The van der Waals surface area contributed by atoms with E-state index < -0.39 is 0 Å². The van der Waals surface area contributed by atoms with Crippen LogP contribution in [0.25, 0.3) is 10.6 Å². The van der Waals surface area contributed by atoms with Crippen LogP contribution in [0.3, 0.4) is 0 Å². The standard InChI is InChI=1S/C21H20BrN3O3S/c1-13-2-4-14(5-3-13)20-24-15(12-29-20)6-7-23-21(26)25-17-11-19-18(10-16(17)22)27-8-9-28-19/h2-5,10-12H,6-9H2,1H3,(H2,23,25,26). The van der Waals surface area contributed by atoms with Gasteiger partial charge in [-0.1, -0.05) is 29.8 Å². The molecule has 150 valence electrons. The summed E-state index contributed by atoms with van der Waals surface area (Å²) in [5, 5.41) is 8.72. The molecule has 8 heteroatoms. The number of ether oxygens (including phenoxy) is 2. The summed E-state index contributed by atoms with van der Waals surface area (Å²) in [5.41, 5.74) is 3.93. The summed E-state index contributed by atoms with van der Waals surface area (Å²) in [6, 6.07) is 11.6. The maximum atomic E-state index is 12.2. The van der Waals surface area contributed by atoms with Gasteiger partial charge in [-0.2, -0.15) is 0 Å². The van der Waals surface area contributed by atoms with E-state index in [9.17, 15) is 4.79 Å². The minimum Gasteiger partial charge on any atom is -0.486 e. The average molecular weight is 474 g/mol. The zero-order valence-corrected chi connectivity index (χ0v) is 18.2. The Bertz CT molecular complexity index is 1020. The van der Waals surface area contributed by atoms with Crippen LogP contribution in [0.4, 0.5) is 10.5 Å². The summed E-state index contributed by atoms with van der Waals surface area (Å²) >= 11 is 5.07. The molecule has 0 saturated heterocycles. The molecule has 0 aliphatic carbocycles. The number of carbonyl (C=O) groups is 1. The van der Waals surface area contributed by atoms with Crippen molar-refractivity contribution in [3.63, 3.8) is 0 Å². The Hall–Kier alpha value is -2.58. The molecular formula is C21H20BrN3O3S. The van der Waals surface area contributed by atoms with Crippen molar-refractivity contribution < 1.29 is 14.3 Å². The van der Waals surface area contributed by atoms with Gasteiger partial charge in [-0.3, -0.25) is 0 Å². The lowest BCUT2D eigenvalue weighted by atomic mass is 10.2. The van der Waals surface area contributed by atoms with E-state index in [0.29, 0.717) is 43.4 Å². The van der Waals surface area contributed by atoms with Crippen LogP contribution in [-0.4, -0.2) is 30.8 Å². The monoisotopic (exact) mass is 473 g/mol. The first-order valence-electron chi connectivity index (χ1n) is 9.24. The summed E-state index contributed by atoms with van der Waals surface area (Å²) in [6.45, 7) is 3.58. The third-order valence-corrected chi connectivity index (χ3v) is 5.99. The lowest BCUT2D eigenvalue weighted by Crippen LogP contribution is -2.30. The largest absolute Gasteiger partial charge is 0.486 e. The van der Waals surface area contributed by atoms with Crippen molar-refractivity contribution >= 4 is 39.0 Å². The topological polar surface area (TPSA) is 72.5 Å². The Kier molecular flexibility index (Phi) is 6.01. The van der Waals surface area contributed by atoms with Gasteiger partial charge in [0.15, 0.2) is 11.5 Å². The quantitative estimate of drug-likeness (QED) is 0.545. The predicted molar refractivity (Wildman–Crippen MR) is 118 cm³/mol. The molecular weight excluding hydrogens is 454 g/mol. The van der Waals surface area contributed by atoms with E-state index in [1.807, 2.05) is 5.38 Å². The van der Waals surface area contributed by atoms with E-state index >= 15 is 0 Å². The highest BCUT2D eigenvalue weighted by Gasteiger charge is 2.16. The highest BCUT2D eigenvalue weighted by Crippen LogP contribution is 2.38. The number of carbonyl (C=O) groups excluding carboxylic acids is 1. The van der Waals surface area contributed by atoms with E-state index in [-0.39, 0.29) is 6.03 Å². The molecule has 0 atom stereocenters. The van der Waals surface area contributed by atoms with E-state index in [0.717, 1.165) is 20.7 Å². The van der Waals surface area contributed by atoms with Gasteiger partial charge < -0.3 is 20.1 Å². The number of fused-ring (bicyclic) bond motifs is 1. The third kappa shape index (κ3) is 4.89. The number of urea groups is 1. The zero-order chi connectivity index (χ0) is 20.2. The predicted octanol–water partition coefficient (Wildman–Crippen LogP) is 5.02. The first-order valence-corrected chi connectivity index (χ1v) is 10.9. The molecule has 2 heterocycles. The summed E-state index contributed by atoms with van der Waals surface area (Å²) in [6.07, 6.45) is 0.665. The number of amides is 2. The average Bonchev–Trinajstić information content (AvgIpc) is 3.18. The number of rotatable bonds is 5. The van der Waals surface area contributed by atoms with Crippen LogP contribution >= 0.6 is 27.3 Å². The lowest BCUT2D eigenvalue weighted by Gasteiger charge is -2.20. The van der Waals surface area contributed by atoms with E-state index in [1.165, 1.54) is 5.56 Å². The van der Waals surface area contributed by atoms with Gasteiger partial charge in [0.1, 0.15) is 18.2 Å². The van der Waals surface area contributed by atoms with Crippen LogP contribution < -0.4 is 20.1 Å². The molecule has 1 aromatic heterocycles. The minimum atomic E-state index is -0.281. The molecule has 2 N–H and O–H groups in total. The van der Waals surface area contributed by atoms with Gasteiger partial charge in [-0.25, -0.2) is 9.78 Å². The second-order valence-electron chi connectivity index (χ2n) is 6.62. The van der Waals surface area contributed by atoms with Crippen molar-refractivity contribution in [2.45, 2.75) is 13.3 Å². The number of aromatic nitrogens is 1. The Morgan fingerprint density at radius 3 is 2.66 bits per heavy atom. The van der Waals surface area contributed by atoms with Crippen molar-refractivity contribution in [3.8, 4) is 22.1 Å². The van der Waals surface area contributed by atoms with Gasteiger partial charge >= 0.3 is 6.03 Å². The summed E-state index contributed by atoms with van der Waals surface area (Å²) in [4.78, 5) is 16.9. The zero-order valence-electron chi connectivity index (χ0n) is 15.8. The molecule has 0 spiro atoms. The Morgan fingerprint density at radius 2 is 1.90 bits per heavy atom. The molecule has 2 amide bonds. The number of halogens is 1. The van der Waals surface area contributed by atoms with Crippen LogP contribution in [0.2, 0.25) is 0 Å². The molecule has 2 aromatic carbocycles. The fourth-order valence-corrected chi connectivity index (χ4v) is 4.16. The highest BCUT2D eigenvalue weighted by molar-refractivity contribution is 9.10. The third-order valence-electron chi connectivity index (χ3n) is 4.40. The van der Waals surface area contributed by atoms with Gasteiger partial charge in [0.25, 0.3) is 0 Å². The number of benzene rings is 2. The Labute approximate surface area is 181 Å². The maximum absolute atomic E-state index is 12.2. The number of aryl methyl sites for hydroxylation is 1. The summed E-state index contributed by atoms with van der Waals surface area (Å²) in [5.74, 6) is 1.29. The van der Waals surface area contributed by atoms with Crippen molar-refractivity contribution in [1.82, 2.24) is 10.3 Å². The number of hydrogen-bond acceptors (Lipinski definition) is 5. The SMILES string of the molecule is Cc1ccc(-c2nc(CCNC(=O)Nc3cc4c(cc3Br)OCCO4)cs2)cc1. The number of thiazole rings is 1. The van der Waals surface area contributed by atoms with Crippen LogP contribution in [0.1, 0.15) is 11.3 Å². The maximum Gasteiger partial charge on any atom is 0.319 e. The molecule has 6 nitrogen and oxygen atoms in total. The fraction of sp³-hybridized carbons (Fsp3) is 0.238. The van der Waals surface area contributed by atoms with E-state index in [1.54, 1.807) is 23.5 Å². The summed E-state index contributed by atoms with van der Waals surface area (Å²) < 4.78 is 11.8. The van der Waals surface area contributed by atoms with Crippen LogP contribution in [0.15, 0.2) is 46.3 Å². The van der Waals surface area contributed by atoms with Crippen molar-refractivity contribution in [1.29, 1.82) is 0 Å². The smallest absolute Gasteiger partial charge is 0.319 e. The number of nitrogens with one attached hydrogen (secondary N) is 2. The van der Waals surface area contributed by atoms with E-state index in [2.05, 4.69) is 62.7 Å². The van der Waals surface area contributed by atoms with Gasteiger partial charge in [0.2, 0.25) is 0 Å². The molecule has 0 unspecified atom stereocenters. The number of hydrogen-bond donors (Lipinski definition) is 2. The number of anilines is 1. The molecule has 3 aromatic rings. The molecule has 4 rings (SSSR count). The van der Waals surface area contributed by atoms with Crippen LogP contribution in [0, 0.1) is 6.92 Å². The minimum absolute atomic E-state index is 0.281. The Morgan fingerprint density at radius 1 is 1.17 bits per heavy atom. The molecule has 1 aliphatic rings. The van der Waals surface area contributed by atoms with Gasteiger partial charge in [-0.05, 0) is 22.9 Å². The van der Waals surface area contributed by atoms with E-state index in [4.69, 9.17) is 9.47 Å². The first kappa shape index (κ1) is 19.7. The van der Waals surface area contributed by atoms with Gasteiger partial charge in [0.05, 0.1) is 11.4 Å². The van der Waals surface area contributed by atoms with Crippen molar-refractivity contribution in [3.05, 3.63) is 57.5 Å². The second-order valence-corrected chi connectivity index (χ2v) is 8.33. The molecule has 29 heavy (non-hydrogen) atoms. The molecule has 0 radical (unpaired) electrons. The fourth-order valence-electron chi connectivity index (χ4n) is 2.88. The normalized spacial score (nSPS) is 12.5. The lowest BCUT2D eigenvalue weighted by molar-refractivity contribution is 0.171. The number of nitrogens with zero attached hydrogens (tertiary/aromatic N) is 1. The van der Waals surface area contributed by atoms with Crippen molar-refractivity contribution in [2.24, 2.45) is 0 Å². The Balaban J connectivity index is 1.30. The van der Waals surface area contributed by atoms with Crippen LogP contribution in [0.5, 0.6) is 11.5 Å².